The molecular weight excluding hydrogens is 336 g/mol. The summed E-state index contributed by atoms with van der Waals surface area (Å²) in [6.45, 7) is 1.88. The fourth-order valence-corrected chi connectivity index (χ4v) is 3.87. The standard InChI is InChI=1S/C19H22N2O3S/c1-3-6-13-9-10-15(16(11-13)23-2)24-12-18(22)21-19-20-14-7-4-5-8-17(14)25-19/h3,6,9-11H,4-5,7-8,12H2,1-2H3,(H,20,21,22)/b6-3+. The van der Waals surface area contributed by atoms with Crippen molar-refractivity contribution < 1.29 is 14.3 Å². The summed E-state index contributed by atoms with van der Waals surface area (Å²) < 4.78 is 11.0. The number of nitrogens with one attached hydrogen (secondary N) is 1. The third kappa shape index (κ3) is 4.39. The van der Waals surface area contributed by atoms with Crippen molar-refractivity contribution in [1.82, 2.24) is 4.98 Å². The highest BCUT2D eigenvalue weighted by Crippen LogP contribution is 2.30. The fraction of sp³-hybridized carbons (Fsp3) is 0.368. The van der Waals surface area contributed by atoms with E-state index in [9.17, 15) is 4.79 Å². The summed E-state index contributed by atoms with van der Waals surface area (Å²) in [5.74, 6) is 0.933. The van der Waals surface area contributed by atoms with Crippen molar-refractivity contribution in [1.29, 1.82) is 0 Å². The predicted octanol–water partition coefficient (Wildman–Crippen LogP) is 4.08. The average molecular weight is 358 g/mol. The Morgan fingerprint density at radius 2 is 2.16 bits per heavy atom. The molecule has 0 aliphatic heterocycles. The molecule has 0 fully saturated rings. The first-order valence-electron chi connectivity index (χ1n) is 8.41. The van der Waals surface area contributed by atoms with Crippen LogP contribution in [0, 0.1) is 0 Å². The van der Waals surface area contributed by atoms with Crippen LogP contribution in [0.25, 0.3) is 6.08 Å². The summed E-state index contributed by atoms with van der Waals surface area (Å²) in [5.41, 5.74) is 2.15. The molecule has 6 heteroatoms. The summed E-state index contributed by atoms with van der Waals surface area (Å²) >= 11 is 1.57. The van der Waals surface area contributed by atoms with Gasteiger partial charge in [-0.2, -0.15) is 0 Å². The number of ether oxygens (including phenoxy) is 2. The maximum atomic E-state index is 12.1. The Labute approximate surface area is 151 Å². The lowest BCUT2D eigenvalue weighted by Gasteiger charge is -2.11. The Morgan fingerprint density at radius 1 is 1.32 bits per heavy atom. The number of hydrogen-bond donors (Lipinski definition) is 1. The Balaban J connectivity index is 1.59. The van der Waals surface area contributed by atoms with Crippen molar-refractivity contribution in [2.24, 2.45) is 0 Å². The number of aromatic nitrogens is 1. The summed E-state index contributed by atoms with van der Waals surface area (Å²) in [5, 5.41) is 3.49. The molecule has 2 aromatic rings. The van der Waals surface area contributed by atoms with Gasteiger partial charge in [0.05, 0.1) is 12.8 Å². The second-order valence-corrected chi connectivity index (χ2v) is 6.93. The normalized spacial score (nSPS) is 13.5. The molecule has 1 aromatic carbocycles. The van der Waals surface area contributed by atoms with Gasteiger partial charge in [0, 0.05) is 4.88 Å². The van der Waals surface area contributed by atoms with E-state index in [1.165, 1.54) is 17.7 Å². The van der Waals surface area contributed by atoms with Crippen LogP contribution in [-0.4, -0.2) is 24.6 Å². The van der Waals surface area contributed by atoms with Crippen molar-refractivity contribution in [2.75, 3.05) is 19.0 Å². The van der Waals surface area contributed by atoms with Gasteiger partial charge in [-0.3, -0.25) is 10.1 Å². The Kier molecular flexibility index (Phi) is 5.71. The van der Waals surface area contributed by atoms with Crippen molar-refractivity contribution in [3.63, 3.8) is 0 Å². The van der Waals surface area contributed by atoms with Gasteiger partial charge in [-0.25, -0.2) is 4.98 Å². The number of nitrogens with zero attached hydrogens (tertiary/aromatic N) is 1. The number of thiazole rings is 1. The molecule has 1 heterocycles. The number of methoxy groups -OCH3 is 1. The van der Waals surface area contributed by atoms with Crippen LogP contribution in [0.15, 0.2) is 24.3 Å². The quantitative estimate of drug-likeness (QED) is 0.845. The molecule has 1 N–H and O–H groups in total. The van der Waals surface area contributed by atoms with Crippen molar-refractivity contribution >= 4 is 28.5 Å². The zero-order valence-corrected chi connectivity index (χ0v) is 15.3. The van der Waals surface area contributed by atoms with Crippen LogP contribution >= 0.6 is 11.3 Å². The van der Waals surface area contributed by atoms with Gasteiger partial charge in [-0.1, -0.05) is 18.2 Å². The van der Waals surface area contributed by atoms with E-state index in [0.29, 0.717) is 16.6 Å². The second kappa shape index (κ2) is 8.16. The van der Waals surface area contributed by atoms with E-state index >= 15 is 0 Å². The molecule has 0 radical (unpaired) electrons. The van der Waals surface area contributed by atoms with Crippen LogP contribution in [-0.2, 0) is 17.6 Å². The molecule has 1 amide bonds. The molecule has 0 spiro atoms. The minimum absolute atomic E-state index is 0.0798. The molecular formula is C19H22N2O3S. The number of aryl methyl sites for hydroxylation is 2. The number of carbonyl (C=O) groups excluding carboxylic acids is 1. The van der Waals surface area contributed by atoms with E-state index in [0.717, 1.165) is 24.1 Å². The Morgan fingerprint density at radius 3 is 2.92 bits per heavy atom. The minimum Gasteiger partial charge on any atom is -0.493 e. The van der Waals surface area contributed by atoms with Crippen LogP contribution in [0.3, 0.4) is 0 Å². The zero-order chi connectivity index (χ0) is 17.6. The average Bonchev–Trinajstić information content (AvgIpc) is 3.02. The third-order valence-corrected chi connectivity index (χ3v) is 5.07. The minimum atomic E-state index is -0.217. The number of hydrogen-bond acceptors (Lipinski definition) is 5. The largest absolute Gasteiger partial charge is 0.493 e. The molecule has 0 saturated heterocycles. The van der Waals surface area contributed by atoms with E-state index in [1.54, 1.807) is 18.4 Å². The first-order chi connectivity index (χ1) is 12.2. The van der Waals surface area contributed by atoms with E-state index < -0.39 is 0 Å². The van der Waals surface area contributed by atoms with Gasteiger partial charge in [0.1, 0.15) is 0 Å². The molecule has 0 atom stereocenters. The van der Waals surface area contributed by atoms with Crippen LogP contribution in [0.5, 0.6) is 11.5 Å². The number of allylic oxidation sites excluding steroid dienone is 1. The van der Waals surface area contributed by atoms with Gasteiger partial charge >= 0.3 is 0 Å². The summed E-state index contributed by atoms with van der Waals surface area (Å²) in [4.78, 5) is 18.0. The van der Waals surface area contributed by atoms with Gasteiger partial charge in [0.25, 0.3) is 5.91 Å². The number of anilines is 1. The van der Waals surface area contributed by atoms with Crippen LogP contribution in [0.4, 0.5) is 5.13 Å². The highest BCUT2D eigenvalue weighted by molar-refractivity contribution is 7.15. The van der Waals surface area contributed by atoms with E-state index in [-0.39, 0.29) is 12.5 Å². The third-order valence-electron chi connectivity index (χ3n) is 4.00. The lowest BCUT2D eigenvalue weighted by atomic mass is 10.0. The van der Waals surface area contributed by atoms with Gasteiger partial charge in [-0.15, -0.1) is 11.3 Å². The van der Waals surface area contributed by atoms with Gasteiger partial charge < -0.3 is 9.47 Å². The van der Waals surface area contributed by atoms with Gasteiger partial charge in [0.15, 0.2) is 23.2 Å². The fourth-order valence-electron chi connectivity index (χ4n) is 2.80. The highest BCUT2D eigenvalue weighted by Gasteiger charge is 2.16. The molecule has 0 bridgehead atoms. The molecule has 1 aliphatic carbocycles. The highest BCUT2D eigenvalue weighted by atomic mass is 32.1. The van der Waals surface area contributed by atoms with Crippen LogP contribution in [0.2, 0.25) is 0 Å². The van der Waals surface area contributed by atoms with Crippen molar-refractivity contribution in [3.05, 3.63) is 40.4 Å². The number of carbonyl (C=O) groups is 1. The second-order valence-electron chi connectivity index (χ2n) is 5.84. The van der Waals surface area contributed by atoms with Crippen molar-refractivity contribution in [3.8, 4) is 11.5 Å². The molecule has 132 valence electrons. The monoisotopic (exact) mass is 358 g/mol. The van der Waals surface area contributed by atoms with Crippen LogP contribution in [0.1, 0.15) is 35.9 Å². The topological polar surface area (TPSA) is 60.5 Å². The number of fused-ring (bicyclic) bond motifs is 1. The molecule has 0 saturated carbocycles. The molecule has 5 nitrogen and oxygen atoms in total. The van der Waals surface area contributed by atoms with E-state index in [1.807, 2.05) is 37.3 Å². The first-order valence-corrected chi connectivity index (χ1v) is 9.23. The summed E-state index contributed by atoms with van der Waals surface area (Å²) in [7, 11) is 1.59. The summed E-state index contributed by atoms with van der Waals surface area (Å²) in [6.07, 6.45) is 8.38. The lowest BCUT2D eigenvalue weighted by Crippen LogP contribution is -2.20. The van der Waals surface area contributed by atoms with E-state index in [4.69, 9.17) is 9.47 Å². The number of rotatable bonds is 6. The van der Waals surface area contributed by atoms with Crippen LogP contribution < -0.4 is 14.8 Å². The molecule has 1 aliphatic rings. The Bertz CT molecular complexity index is 759. The first kappa shape index (κ1) is 17.5. The maximum Gasteiger partial charge on any atom is 0.264 e. The van der Waals surface area contributed by atoms with Gasteiger partial charge in [-0.05, 0) is 50.3 Å². The molecule has 1 aromatic heterocycles. The smallest absolute Gasteiger partial charge is 0.264 e. The van der Waals surface area contributed by atoms with Gasteiger partial charge in [0.2, 0.25) is 0 Å². The van der Waals surface area contributed by atoms with Crippen molar-refractivity contribution in [2.45, 2.75) is 32.6 Å². The Hall–Kier alpha value is -2.34. The predicted molar refractivity (Wildman–Crippen MR) is 101 cm³/mol. The number of amides is 1. The molecule has 0 unspecified atom stereocenters. The lowest BCUT2D eigenvalue weighted by molar-refractivity contribution is -0.118. The SMILES string of the molecule is C/C=C/c1ccc(OCC(=O)Nc2nc3c(s2)CCCC3)c(OC)c1. The van der Waals surface area contributed by atoms with E-state index in [2.05, 4.69) is 10.3 Å². The maximum absolute atomic E-state index is 12.1. The molecule has 3 rings (SSSR count). The molecule has 25 heavy (non-hydrogen) atoms. The zero-order valence-electron chi connectivity index (χ0n) is 14.5. The summed E-state index contributed by atoms with van der Waals surface area (Å²) in [6, 6.07) is 5.61. The number of benzene rings is 1.